The van der Waals surface area contributed by atoms with Gasteiger partial charge in [0, 0.05) is 5.56 Å². The molecule has 0 bridgehead atoms. The summed E-state index contributed by atoms with van der Waals surface area (Å²) in [6.07, 6.45) is 1.26. The van der Waals surface area contributed by atoms with E-state index >= 15 is 0 Å². The zero-order valence-corrected chi connectivity index (χ0v) is 9.76. The highest BCUT2D eigenvalue weighted by Gasteiger charge is 2.15. The lowest BCUT2D eigenvalue weighted by Gasteiger charge is -2.12. The van der Waals surface area contributed by atoms with E-state index in [-0.39, 0.29) is 0 Å². The Balaban J connectivity index is 2.56. The van der Waals surface area contributed by atoms with Gasteiger partial charge in [-0.3, -0.25) is 0 Å². The molecule has 1 heterocycles. The molecule has 0 N–H and O–H groups in total. The maximum Gasteiger partial charge on any atom is 0.214 e. The molecule has 90 valence electrons. The third kappa shape index (κ3) is 2.01. The van der Waals surface area contributed by atoms with Crippen molar-refractivity contribution in [3.8, 4) is 28.6 Å². The first kappa shape index (κ1) is 11.3. The summed E-state index contributed by atoms with van der Waals surface area (Å²) in [5, 5.41) is 3.75. The summed E-state index contributed by atoms with van der Waals surface area (Å²) < 4.78 is 20.4. The van der Waals surface area contributed by atoms with Gasteiger partial charge in [-0.2, -0.15) is 4.98 Å². The van der Waals surface area contributed by atoms with E-state index in [0.717, 1.165) is 5.56 Å². The predicted molar refractivity (Wildman–Crippen MR) is 59.4 cm³/mol. The molecule has 0 spiro atoms. The van der Waals surface area contributed by atoms with Gasteiger partial charge in [-0.05, 0) is 12.1 Å². The van der Waals surface area contributed by atoms with Crippen molar-refractivity contribution in [3.63, 3.8) is 0 Å². The summed E-state index contributed by atoms with van der Waals surface area (Å²) >= 11 is 0. The highest BCUT2D eigenvalue weighted by molar-refractivity contribution is 5.66. The van der Waals surface area contributed by atoms with Gasteiger partial charge in [0.05, 0.1) is 21.3 Å². The summed E-state index contributed by atoms with van der Waals surface area (Å²) in [6, 6.07) is 3.51. The van der Waals surface area contributed by atoms with Crippen LogP contribution < -0.4 is 14.2 Å². The number of ether oxygens (including phenoxy) is 3. The van der Waals surface area contributed by atoms with Crippen LogP contribution in [0.15, 0.2) is 23.0 Å². The summed E-state index contributed by atoms with van der Waals surface area (Å²) in [4.78, 5) is 3.96. The van der Waals surface area contributed by atoms with Crippen LogP contribution in [-0.4, -0.2) is 31.5 Å². The molecule has 0 aliphatic rings. The van der Waals surface area contributed by atoms with Gasteiger partial charge in [0.2, 0.25) is 18.0 Å². The second-order valence-electron chi connectivity index (χ2n) is 3.17. The molecule has 0 atom stereocenters. The normalized spacial score (nSPS) is 10.1. The quantitative estimate of drug-likeness (QED) is 0.805. The van der Waals surface area contributed by atoms with E-state index in [1.165, 1.54) is 6.39 Å². The monoisotopic (exact) mass is 236 g/mol. The molecule has 17 heavy (non-hydrogen) atoms. The van der Waals surface area contributed by atoms with E-state index in [9.17, 15) is 0 Å². The van der Waals surface area contributed by atoms with Crippen molar-refractivity contribution in [3.05, 3.63) is 18.5 Å². The van der Waals surface area contributed by atoms with Gasteiger partial charge >= 0.3 is 0 Å². The van der Waals surface area contributed by atoms with Crippen LogP contribution in [0.4, 0.5) is 0 Å². The van der Waals surface area contributed by atoms with Crippen LogP contribution in [0, 0.1) is 0 Å². The highest BCUT2D eigenvalue weighted by Crippen LogP contribution is 2.40. The van der Waals surface area contributed by atoms with Gasteiger partial charge in [0.15, 0.2) is 11.5 Å². The molecule has 1 aromatic heterocycles. The van der Waals surface area contributed by atoms with Crippen LogP contribution in [0.1, 0.15) is 0 Å². The fraction of sp³-hybridized carbons (Fsp3) is 0.273. The zero-order chi connectivity index (χ0) is 12.3. The molecule has 2 aromatic rings. The highest BCUT2D eigenvalue weighted by atomic mass is 16.5. The molecule has 0 radical (unpaired) electrons. The molecule has 0 saturated heterocycles. The number of hydrogen-bond donors (Lipinski definition) is 0. The Hall–Kier alpha value is -2.24. The van der Waals surface area contributed by atoms with E-state index in [4.69, 9.17) is 18.7 Å². The summed E-state index contributed by atoms with van der Waals surface area (Å²) in [5.41, 5.74) is 0.730. The Morgan fingerprint density at radius 1 is 1.00 bits per heavy atom. The molecule has 6 nitrogen and oxygen atoms in total. The molecule has 0 unspecified atom stereocenters. The fourth-order valence-electron chi connectivity index (χ4n) is 1.51. The van der Waals surface area contributed by atoms with Crippen LogP contribution in [0.3, 0.4) is 0 Å². The molecular formula is C11H12N2O4. The van der Waals surface area contributed by atoms with Gasteiger partial charge in [-0.1, -0.05) is 5.16 Å². The Bertz CT molecular complexity index is 471. The van der Waals surface area contributed by atoms with Crippen LogP contribution in [0.5, 0.6) is 17.2 Å². The van der Waals surface area contributed by atoms with Gasteiger partial charge in [0.25, 0.3) is 0 Å². The topological polar surface area (TPSA) is 66.6 Å². The lowest BCUT2D eigenvalue weighted by molar-refractivity contribution is 0.324. The number of benzene rings is 1. The fourth-order valence-corrected chi connectivity index (χ4v) is 1.51. The van der Waals surface area contributed by atoms with Crippen molar-refractivity contribution in [2.45, 2.75) is 0 Å². The second-order valence-corrected chi connectivity index (χ2v) is 3.17. The van der Waals surface area contributed by atoms with Gasteiger partial charge in [0.1, 0.15) is 0 Å². The SMILES string of the molecule is COc1cc(-c2ncon2)cc(OC)c1OC. The van der Waals surface area contributed by atoms with Crippen molar-refractivity contribution in [1.29, 1.82) is 0 Å². The van der Waals surface area contributed by atoms with E-state index in [1.807, 2.05) is 0 Å². The first-order valence-corrected chi connectivity index (χ1v) is 4.87. The maximum atomic E-state index is 5.23. The van der Waals surface area contributed by atoms with Gasteiger partial charge in [-0.15, -0.1) is 0 Å². The number of rotatable bonds is 4. The average molecular weight is 236 g/mol. The smallest absolute Gasteiger partial charge is 0.214 e. The van der Waals surface area contributed by atoms with Crippen molar-refractivity contribution in [1.82, 2.24) is 10.1 Å². The molecule has 2 rings (SSSR count). The molecule has 0 aliphatic heterocycles. The van der Waals surface area contributed by atoms with Crippen molar-refractivity contribution in [2.75, 3.05) is 21.3 Å². The van der Waals surface area contributed by atoms with Crippen LogP contribution in [-0.2, 0) is 0 Å². The van der Waals surface area contributed by atoms with Crippen LogP contribution in [0.2, 0.25) is 0 Å². The van der Waals surface area contributed by atoms with Crippen molar-refractivity contribution in [2.24, 2.45) is 0 Å². The van der Waals surface area contributed by atoms with Crippen molar-refractivity contribution < 1.29 is 18.7 Å². The Morgan fingerprint density at radius 2 is 1.65 bits per heavy atom. The molecule has 0 saturated carbocycles. The minimum Gasteiger partial charge on any atom is -0.493 e. The third-order valence-electron chi connectivity index (χ3n) is 2.28. The largest absolute Gasteiger partial charge is 0.493 e. The molecule has 0 fully saturated rings. The van der Waals surface area contributed by atoms with E-state index in [2.05, 4.69) is 10.1 Å². The van der Waals surface area contributed by atoms with Crippen LogP contribution in [0.25, 0.3) is 11.4 Å². The summed E-state index contributed by atoms with van der Waals surface area (Å²) in [5.74, 6) is 2.09. The van der Waals surface area contributed by atoms with E-state index in [0.29, 0.717) is 23.1 Å². The maximum absolute atomic E-state index is 5.23. The number of methoxy groups -OCH3 is 3. The standard InChI is InChI=1S/C11H12N2O4/c1-14-8-4-7(11-12-6-17-13-11)5-9(15-2)10(8)16-3/h4-6H,1-3H3. The molecule has 1 aromatic carbocycles. The minimum atomic E-state index is 0.462. The van der Waals surface area contributed by atoms with E-state index < -0.39 is 0 Å². The lowest BCUT2D eigenvalue weighted by atomic mass is 10.1. The average Bonchev–Trinajstić information content (AvgIpc) is 2.90. The van der Waals surface area contributed by atoms with Gasteiger partial charge in [-0.25, -0.2) is 0 Å². The molecule has 0 aliphatic carbocycles. The van der Waals surface area contributed by atoms with Crippen LogP contribution >= 0.6 is 0 Å². The Morgan fingerprint density at radius 3 is 2.06 bits per heavy atom. The minimum absolute atomic E-state index is 0.462. The second kappa shape index (κ2) is 4.73. The summed E-state index contributed by atoms with van der Waals surface area (Å²) in [7, 11) is 4.66. The number of nitrogens with zero attached hydrogens (tertiary/aromatic N) is 2. The number of aromatic nitrogens is 2. The lowest BCUT2D eigenvalue weighted by Crippen LogP contribution is -1.96. The first-order chi connectivity index (χ1) is 8.30. The summed E-state index contributed by atoms with van der Waals surface area (Å²) in [6.45, 7) is 0. The molecule has 0 amide bonds. The van der Waals surface area contributed by atoms with Crippen molar-refractivity contribution >= 4 is 0 Å². The first-order valence-electron chi connectivity index (χ1n) is 4.87. The predicted octanol–water partition coefficient (Wildman–Crippen LogP) is 1.76. The zero-order valence-electron chi connectivity index (χ0n) is 9.76. The van der Waals surface area contributed by atoms with E-state index in [1.54, 1.807) is 33.5 Å². The Labute approximate surface area is 98.1 Å². The third-order valence-corrected chi connectivity index (χ3v) is 2.28. The Kier molecular flexibility index (Phi) is 3.13. The van der Waals surface area contributed by atoms with Gasteiger partial charge < -0.3 is 18.7 Å². The molecular weight excluding hydrogens is 224 g/mol. The number of hydrogen-bond acceptors (Lipinski definition) is 6. The molecule has 6 heteroatoms.